The van der Waals surface area contributed by atoms with Crippen molar-refractivity contribution in [3.8, 4) is 0 Å². The smallest absolute Gasteiger partial charge is 0.226 e. The van der Waals surface area contributed by atoms with Gasteiger partial charge in [0, 0.05) is 43.4 Å². The third kappa shape index (κ3) is 6.00. The molecule has 0 aliphatic carbocycles. The fourth-order valence-electron chi connectivity index (χ4n) is 3.69. The Morgan fingerprint density at radius 1 is 1.03 bits per heavy atom. The second kappa shape index (κ2) is 10.6. The molecule has 0 aliphatic rings. The predicted octanol–water partition coefficient (Wildman–Crippen LogP) is 5.47. The van der Waals surface area contributed by atoms with E-state index in [1.54, 1.807) is 10.9 Å². The zero-order valence-corrected chi connectivity index (χ0v) is 20.0. The molecule has 33 heavy (non-hydrogen) atoms. The molecule has 2 aromatic carbocycles. The lowest BCUT2D eigenvalue weighted by atomic mass is 10.2. The Morgan fingerprint density at radius 2 is 1.79 bits per heavy atom. The van der Waals surface area contributed by atoms with Gasteiger partial charge in [0.2, 0.25) is 5.95 Å². The summed E-state index contributed by atoms with van der Waals surface area (Å²) in [7, 11) is 1.88. The number of aryl methyl sites for hydroxylation is 1. The Balaban J connectivity index is 1.41. The molecular formula is C25H30ClN7. The summed E-state index contributed by atoms with van der Waals surface area (Å²) in [4.78, 5) is 11.9. The average Bonchev–Trinajstić information content (AvgIpc) is 3.19. The van der Waals surface area contributed by atoms with E-state index < -0.39 is 0 Å². The molecule has 0 fully saturated rings. The van der Waals surface area contributed by atoms with E-state index in [0.717, 1.165) is 42.8 Å². The predicted molar refractivity (Wildman–Crippen MR) is 136 cm³/mol. The van der Waals surface area contributed by atoms with Crippen LogP contribution in [0, 0.1) is 0 Å². The van der Waals surface area contributed by atoms with Gasteiger partial charge in [0.05, 0.1) is 11.6 Å². The third-order valence-corrected chi connectivity index (χ3v) is 5.82. The number of rotatable bonds is 10. The van der Waals surface area contributed by atoms with Gasteiger partial charge in [-0.05, 0) is 50.1 Å². The summed E-state index contributed by atoms with van der Waals surface area (Å²) < 4.78 is 1.76. The lowest BCUT2D eigenvalue weighted by molar-refractivity contribution is 0.212. The van der Waals surface area contributed by atoms with E-state index >= 15 is 0 Å². The highest BCUT2D eigenvalue weighted by Gasteiger charge is 2.13. The second-order valence-electron chi connectivity index (χ2n) is 8.36. The van der Waals surface area contributed by atoms with Gasteiger partial charge in [0.15, 0.2) is 5.65 Å². The van der Waals surface area contributed by atoms with Crippen molar-refractivity contribution in [1.29, 1.82) is 0 Å². The van der Waals surface area contributed by atoms with Crippen LogP contribution in [0.4, 0.5) is 17.5 Å². The molecule has 0 atom stereocenters. The Hall–Kier alpha value is -3.16. The Kier molecular flexibility index (Phi) is 7.42. The fourth-order valence-corrected chi connectivity index (χ4v) is 3.81. The van der Waals surface area contributed by atoms with Gasteiger partial charge in [-0.2, -0.15) is 15.1 Å². The average molecular weight is 464 g/mol. The van der Waals surface area contributed by atoms with E-state index in [1.165, 1.54) is 5.56 Å². The van der Waals surface area contributed by atoms with Crippen molar-refractivity contribution in [2.75, 3.05) is 23.7 Å². The largest absolute Gasteiger partial charge is 0.354 e. The number of nitrogens with one attached hydrogen (secondary N) is 2. The molecule has 4 rings (SSSR count). The number of benzene rings is 2. The topological polar surface area (TPSA) is 70.9 Å². The molecule has 0 radical (unpaired) electrons. The monoisotopic (exact) mass is 463 g/mol. The van der Waals surface area contributed by atoms with Crippen molar-refractivity contribution in [2.24, 2.45) is 7.05 Å². The van der Waals surface area contributed by atoms with Gasteiger partial charge < -0.3 is 10.6 Å². The number of fused-ring (bicyclic) bond motifs is 1. The molecule has 172 valence electrons. The molecule has 0 bridgehead atoms. The van der Waals surface area contributed by atoms with Crippen LogP contribution in [0.3, 0.4) is 0 Å². The Bertz CT molecular complexity index is 1170. The lowest BCUT2D eigenvalue weighted by Gasteiger charge is -2.26. The molecule has 0 unspecified atom stereocenters. The van der Waals surface area contributed by atoms with Crippen molar-refractivity contribution in [2.45, 2.75) is 32.9 Å². The second-order valence-corrected chi connectivity index (χ2v) is 8.80. The Labute approximate surface area is 199 Å². The number of aromatic nitrogens is 4. The van der Waals surface area contributed by atoms with Crippen LogP contribution in [-0.4, -0.2) is 43.8 Å². The summed E-state index contributed by atoms with van der Waals surface area (Å²) in [5.41, 5.74) is 3.02. The summed E-state index contributed by atoms with van der Waals surface area (Å²) in [6, 6.07) is 18.6. The minimum absolute atomic E-state index is 0.474. The maximum atomic E-state index is 6.02. The van der Waals surface area contributed by atoms with Crippen molar-refractivity contribution in [1.82, 2.24) is 24.6 Å². The van der Waals surface area contributed by atoms with E-state index in [9.17, 15) is 0 Å². The molecule has 2 N–H and O–H groups in total. The molecule has 2 heterocycles. The van der Waals surface area contributed by atoms with Crippen LogP contribution in [0.1, 0.15) is 25.8 Å². The maximum absolute atomic E-state index is 6.02. The highest BCUT2D eigenvalue weighted by Crippen LogP contribution is 2.25. The first kappa shape index (κ1) is 23.0. The zero-order chi connectivity index (χ0) is 23.2. The molecule has 0 spiro atoms. The first-order valence-corrected chi connectivity index (χ1v) is 11.6. The van der Waals surface area contributed by atoms with Gasteiger partial charge in [-0.3, -0.25) is 9.58 Å². The summed E-state index contributed by atoms with van der Waals surface area (Å²) in [5.74, 6) is 1.30. The molecule has 0 amide bonds. The van der Waals surface area contributed by atoms with E-state index in [0.29, 0.717) is 22.8 Å². The number of hydrogen-bond donors (Lipinski definition) is 2. The van der Waals surface area contributed by atoms with Crippen molar-refractivity contribution < 1.29 is 0 Å². The lowest BCUT2D eigenvalue weighted by Crippen LogP contribution is -2.32. The van der Waals surface area contributed by atoms with Gasteiger partial charge in [0.25, 0.3) is 0 Å². The van der Waals surface area contributed by atoms with E-state index in [1.807, 2.05) is 31.3 Å². The highest BCUT2D eigenvalue weighted by atomic mass is 35.5. The van der Waals surface area contributed by atoms with Crippen molar-refractivity contribution >= 4 is 40.1 Å². The van der Waals surface area contributed by atoms with Crippen LogP contribution < -0.4 is 10.6 Å². The molecule has 8 heteroatoms. The first-order valence-electron chi connectivity index (χ1n) is 11.2. The van der Waals surface area contributed by atoms with Gasteiger partial charge in [-0.25, -0.2) is 0 Å². The van der Waals surface area contributed by atoms with Gasteiger partial charge in [-0.15, -0.1) is 0 Å². The number of anilines is 3. The summed E-state index contributed by atoms with van der Waals surface area (Å²) in [6.45, 7) is 7.20. The van der Waals surface area contributed by atoms with Crippen molar-refractivity contribution in [3.05, 3.63) is 71.4 Å². The standard InChI is InChI=1S/C25H30ClN7/c1-18(2)33(17-19-8-5-4-6-9-19)15-7-14-27-25-30-23(22-16-28-32(3)24(22)31-25)29-21-12-10-20(26)11-13-21/h4-6,8-13,16,18H,7,14-15,17H2,1-3H3,(H2,27,29,30,31). The van der Waals surface area contributed by atoms with Gasteiger partial charge in [-0.1, -0.05) is 41.9 Å². The third-order valence-electron chi connectivity index (χ3n) is 5.56. The summed E-state index contributed by atoms with van der Waals surface area (Å²) in [6.07, 6.45) is 2.76. The van der Waals surface area contributed by atoms with Crippen LogP contribution in [-0.2, 0) is 13.6 Å². The van der Waals surface area contributed by atoms with Crippen LogP contribution in [0.5, 0.6) is 0 Å². The zero-order valence-electron chi connectivity index (χ0n) is 19.3. The first-order chi connectivity index (χ1) is 16.0. The minimum Gasteiger partial charge on any atom is -0.354 e. The van der Waals surface area contributed by atoms with E-state index in [-0.39, 0.29) is 0 Å². The molecule has 0 saturated heterocycles. The van der Waals surface area contributed by atoms with E-state index in [2.05, 4.69) is 69.8 Å². The summed E-state index contributed by atoms with van der Waals surface area (Å²) in [5, 5.41) is 12.7. The number of halogens is 1. The van der Waals surface area contributed by atoms with Gasteiger partial charge in [0.1, 0.15) is 5.82 Å². The minimum atomic E-state index is 0.474. The van der Waals surface area contributed by atoms with Gasteiger partial charge >= 0.3 is 0 Å². The summed E-state index contributed by atoms with van der Waals surface area (Å²) >= 11 is 6.02. The van der Waals surface area contributed by atoms with E-state index in [4.69, 9.17) is 16.6 Å². The quantitative estimate of drug-likeness (QED) is 0.304. The molecule has 0 saturated carbocycles. The SMILES string of the molecule is CC(C)N(CCCNc1nc(Nc2ccc(Cl)cc2)c2cnn(C)c2n1)Cc1ccccc1. The normalized spacial score (nSPS) is 11.5. The van der Waals surface area contributed by atoms with Crippen molar-refractivity contribution in [3.63, 3.8) is 0 Å². The highest BCUT2D eigenvalue weighted by molar-refractivity contribution is 6.30. The maximum Gasteiger partial charge on any atom is 0.226 e. The number of hydrogen-bond acceptors (Lipinski definition) is 6. The van der Waals surface area contributed by atoms with Crippen LogP contribution >= 0.6 is 11.6 Å². The molecular weight excluding hydrogens is 434 g/mol. The van der Waals surface area contributed by atoms with Crippen LogP contribution in [0.25, 0.3) is 11.0 Å². The van der Waals surface area contributed by atoms with Crippen LogP contribution in [0.15, 0.2) is 60.8 Å². The molecule has 0 aliphatic heterocycles. The Morgan fingerprint density at radius 3 is 2.52 bits per heavy atom. The molecule has 4 aromatic rings. The number of nitrogens with zero attached hydrogens (tertiary/aromatic N) is 5. The molecule has 7 nitrogen and oxygen atoms in total. The van der Waals surface area contributed by atoms with Crippen LogP contribution in [0.2, 0.25) is 5.02 Å². The molecule has 2 aromatic heterocycles. The fraction of sp³-hybridized carbons (Fsp3) is 0.320.